The van der Waals surface area contributed by atoms with E-state index in [9.17, 15) is 0 Å². The summed E-state index contributed by atoms with van der Waals surface area (Å²) < 4.78 is 6.01. The lowest BCUT2D eigenvalue weighted by Gasteiger charge is -2.32. The van der Waals surface area contributed by atoms with Crippen LogP contribution in [0.4, 0.5) is 5.82 Å². The Morgan fingerprint density at radius 1 is 1.08 bits per heavy atom. The van der Waals surface area contributed by atoms with Gasteiger partial charge in [0, 0.05) is 38.3 Å². The molecule has 2 heterocycles. The van der Waals surface area contributed by atoms with Crippen LogP contribution >= 0.6 is 0 Å². The number of likely N-dealkylation sites (N-methyl/N-ethyl adjacent to an activating group) is 1. The van der Waals surface area contributed by atoms with E-state index < -0.39 is 0 Å². The summed E-state index contributed by atoms with van der Waals surface area (Å²) in [6, 6.07) is 9.96. The Morgan fingerprint density at radius 3 is 2.42 bits per heavy atom. The van der Waals surface area contributed by atoms with Crippen molar-refractivity contribution in [2.75, 3.05) is 52.1 Å². The number of anilines is 1. The Morgan fingerprint density at radius 2 is 1.77 bits per heavy atom. The number of benzene rings is 1. The minimum atomic E-state index is 0.547. The molecule has 0 radical (unpaired) electrons. The third-order valence-corrected chi connectivity index (χ3v) is 5.02. The van der Waals surface area contributed by atoms with Crippen LogP contribution in [0, 0.1) is 13.8 Å². The number of aryl methyl sites for hydroxylation is 2. The van der Waals surface area contributed by atoms with Crippen LogP contribution in [0.2, 0.25) is 0 Å². The fraction of sp³-hybridized carbons (Fsp3) is 0.476. The summed E-state index contributed by atoms with van der Waals surface area (Å²) in [5.74, 6) is 1.48. The minimum absolute atomic E-state index is 0.547. The summed E-state index contributed by atoms with van der Waals surface area (Å²) in [6.07, 6.45) is 1.06. The van der Waals surface area contributed by atoms with Gasteiger partial charge in [0.2, 0.25) is 0 Å². The van der Waals surface area contributed by atoms with Crippen molar-refractivity contribution in [3.8, 4) is 17.0 Å². The quantitative estimate of drug-likeness (QED) is 0.808. The molecule has 140 valence electrons. The van der Waals surface area contributed by atoms with E-state index >= 15 is 0 Å². The molecule has 0 atom stereocenters. The third kappa shape index (κ3) is 4.74. The summed E-state index contributed by atoms with van der Waals surface area (Å²) in [5, 5.41) is 0. The molecule has 0 amide bonds. The van der Waals surface area contributed by atoms with Crippen molar-refractivity contribution in [3.63, 3.8) is 0 Å². The smallest absolute Gasteiger partial charge is 0.124 e. The second-order valence-electron chi connectivity index (χ2n) is 7.23. The van der Waals surface area contributed by atoms with Gasteiger partial charge >= 0.3 is 0 Å². The number of rotatable bonds is 6. The van der Waals surface area contributed by atoms with Gasteiger partial charge in [-0.3, -0.25) is 0 Å². The van der Waals surface area contributed by atoms with E-state index in [0.29, 0.717) is 5.82 Å². The fourth-order valence-electron chi connectivity index (χ4n) is 3.55. The first-order valence-corrected chi connectivity index (χ1v) is 9.41. The molecule has 1 aliphatic heterocycles. The van der Waals surface area contributed by atoms with E-state index in [2.05, 4.69) is 47.8 Å². The van der Waals surface area contributed by atoms with Crippen LogP contribution in [0.3, 0.4) is 0 Å². The van der Waals surface area contributed by atoms with Crippen molar-refractivity contribution in [2.24, 2.45) is 0 Å². The van der Waals surface area contributed by atoms with Crippen molar-refractivity contribution >= 4 is 5.82 Å². The van der Waals surface area contributed by atoms with Gasteiger partial charge in [-0.1, -0.05) is 6.07 Å². The molecule has 0 aliphatic carbocycles. The molecule has 1 aromatic heterocycles. The SMILES string of the molecule is Cc1cc(OCCCN2CCN(C)CC2)cc(C)c1-c1cccc(N)n1. The summed E-state index contributed by atoms with van der Waals surface area (Å²) in [4.78, 5) is 9.36. The van der Waals surface area contributed by atoms with E-state index in [1.165, 1.54) is 13.1 Å². The van der Waals surface area contributed by atoms with Crippen molar-refractivity contribution in [1.29, 1.82) is 0 Å². The number of hydrogen-bond acceptors (Lipinski definition) is 5. The Hall–Kier alpha value is -2.11. The molecule has 0 unspecified atom stereocenters. The Kier molecular flexibility index (Phi) is 6.12. The first-order valence-electron chi connectivity index (χ1n) is 9.41. The molecule has 1 aliphatic rings. The largest absolute Gasteiger partial charge is 0.494 e. The van der Waals surface area contributed by atoms with Crippen molar-refractivity contribution in [3.05, 3.63) is 41.5 Å². The van der Waals surface area contributed by atoms with Crippen molar-refractivity contribution in [2.45, 2.75) is 20.3 Å². The number of nitrogens with zero attached hydrogens (tertiary/aromatic N) is 3. The predicted octanol–water partition coefficient (Wildman–Crippen LogP) is 2.96. The molecule has 0 bridgehead atoms. The van der Waals surface area contributed by atoms with E-state index in [4.69, 9.17) is 10.5 Å². The van der Waals surface area contributed by atoms with Gasteiger partial charge in [0.05, 0.1) is 12.3 Å². The van der Waals surface area contributed by atoms with Gasteiger partial charge in [-0.15, -0.1) is 0 Å². The van der Waals surface area contributed by atoms with E-state index in [1.807, 2.05) is 18.2 Å². The number of nitrogen functional groups attached to an aromatic ring is 1. The monoisotopic (exact) mass is 354 g/mol. The van der Waals surface area contributed by atoms with Crippen molar-refractivity contribution < 1.29 is 4.74 Å². The number of piperazine rings is 1. The molecule has 2 N–H and O–H groups in total. The maximum Gasteiger partial charge on any atom is 0.124 e. The molecule has 3 rings (SSSR count). The van der Waals surface area contributed by atoms with Gasteiger partial charge in [0.25, 0.3) is 0 Å². The van der Waals surface area contributed by atoms with Gasteiger partial charge in [0.1, 0.15) is 11.6 Å². The average molecular weight is 354 g/mol. The molecule has 26 heavy (non-hydrogen) atoms. The molecule has 0 spiro atoms. The van der Waals surface area contributed by atoms with Crippen LogP contribution < -0.4 is 10.5 Å². The van der Waals surface area contributed by atoms with Crippen LogP contribution in [-0.4, -0.2) is 61.2 Å². The van der Waals surface area contributed by atoms with E-state index in [0.717, 1.165) is 60.8 Å². The highest BCUT2D eigenvalue weighted by Crippen LogP contribution is 2.30. The molecule has 2 aromatic rings. The van der Waals surface area contributed by atoms with Gasteiger partial charge in [-0.05, 0) is 62.7 Å². The number of hydrogen-bond donors (Lipinski definition) is 1. The second kappa shape index (κ2) is 8.52. The van der Waals surface area contributed by atoms with Gasteiger partial charge in [-0.25, -0.2) is 4.98 Å². The summed E-state index contributed by atoms with van der Waals surface area (Å²) >= 11 is 0. The number of ether oxygens (including phenoxy) is 1. The number of aromatic nitrogens is 1. The first-order chi connectivity index (χ1) is 12.5. The number of pyridine rings is 1. The fourth-order valence-corrected chi connectivity index (χ4v) is 3.55. The van der Waals surface area contributed by atoms with Crippen LogP contribution in [0.25, 0.3) is 11.3 Å². The van der Waals surface area contributed by atoms with Gasteiger partial charge in [0.15, 0.2) is 0 Å². The summed E-state index contributed by atoms with van der Waals surface area (Å²) in [7, 11) is 2.19. The maximum atomic E-state index is 6.01. The van der Waals surface area contributed by atoms with Crippen LogP contribution in [0.1, 0.15) is 17.5 Å². The Balaban J connectivity index is 1.56. The lowest BCUT2D eigenvalue weighted by molar-refractivity contribution is 0.145. The lowest BCUT2D eigenvalue weighted by Crippen LogP contribution is -2.44. The molecular weight excluding hydrogens is 324 g/mol. The standard InChI is InChI=1S/C21H30N4O/c1-16-14-18(26-13-5-8-25-11-9-24(3)10-12-25)15-17(2)21(16)19-6-4-7-20(22)23-19/h4,6-7,14-15H,5,8-13H2,1-3H3,(H2,22,23). The highest BCUT2D eigenvalue weighted by molar-refractivity contribution is 5.69. The summed E-state index contributed by atoms with van der Waals surface area (Å²) in [6.45, 7) is 10.7. The molecule has 0 saturated carbocycles. The van der Waals surface area contributed by atoms with Gasteiger partial charge in [-0.2, -0.15) is 0 Å². The van der Waals surface area contributed by atoms with Crippen molar-refractivity contribution in [1.82, 2.24) is 14.8 Å². The highest BCUT2D eigenvalue weighted by atomic mass is 16.5. The summed E-state index contributed by atoms with van der Waals surface area (Å²) in [5.41, 5.74) is 10.2. The zero-order valence-electron chi connectivity index (χ0n) is 16.2. The molecule has 5 heteroatoms. The molecular formula is C21H30N4O. The molecule has 1 fully saturated rings. The van der Waals surface area contributed by atoms with Crippen LogP contribution in [0.15, 0.2) is 30.3 Å². The van der Waals surface area contributed by atoms with E-state index in [1.54, 1.807) is 0 Å². The van der Waals surface area contributed by atoms with E-state index in [-0.39, 0.29) is 0 Å². The Labute approximate surface area is 156 Å². The topological polar surface area (TPSA) is 54.6 Å². The average Bonchev–Trinajstić information content (AvgIpc) is 2.60. The predicted molar refractivity (Wildman–Crippen MR) is 108 cm³/mol. The molecule has 5 nitrogen and oxygen atoms in total. The molecule has 1 aromatic carbocycles. The minimum Gasteiger partial charge on any atom is -0.494 e. The van der Waals surface area contributed by atoms with Crippen LogP contribution in [-0.2, 0) is 0 Å². The maximum absolute atomic E-state index is 6.01. The van der Waals surface area contributed by atoms with Crippen LogP contribution in [0.5, 0.6) is 5.75 Å². The normalized spacial score (nSPS) is 16.0. The third-order valence-electron chi connectivity index (χ3n) is 5.02. The zero-order chi connectivity index (χ0) is 18.5. The first kappa shape index (κ1) is 18.7. The highest BCUT2D eigenvalue weighted by Gasteiger charge is 2.13. The number of nitrogens with two attached hydrogens (primary N) is 1. The zero-order valence-corrected chi connectivity index (χ0v) is 16.2. The second-order valence-corrected chi connectivity index (χ2v) is 7.23. The Bertz CT molecular complexity index is 716. The molecule has 1 saturated heterocycles. The van der Waals surface area contributed by atoms with Gasteiger partial charge < -0.3 is 20.3 Å². The lowest BCUT2D eigenvalue weighted by atomic mass is 9.99.